The second-order valence-electron chi connectivity index (χ2n) is 4.75. The minimum atomic E-state index is -4.40. The summed E-state index contributed by atoms with van der Waals surface area (Å²) in [5.41, 5.74) is 4.62. The van der Waals surface area contributed by atoms with Crippen LogP contribution in [0, 0.1) is 6.92 Å². The Balaban J connectivity index is 2.54. The summed E-state index contributed by atoms with van der Waals surface area (Å²) in [6.07, 6.45) is -3.00. The van der Waals surface area contributed by atoms with Gasteiger partial charge in [-0.1, -0.05) is 0 Å². The number of hydrogen-bond donors (Lipinski definition) is 2. The predicted molar refractivity (Wildman–Crippen MR) is 72.5 cm³/mol. The highest BCUT2D eigenvalue weighted by Gasteiger charge is 2.32. The van der Waals surface area contributed by atoms with Crippen LogP contribution >= 0.6 is 0 Å². The SMILES string of the molecule is Cc1cc(NC(=O)CCCCC(N)=O)ccc1C(F)(F)F. The Morgan fingerprint density at radius 2 is 1.81 bits per heavy atom. The molecule has 0 radical (unpaired) electrons. The van der Waals surface area contributed by atoms with Crippen LogP contribution in [0.5, 0.6) is 0 Å². The summed E-state index contributed by atoms with van der Waals surface area (Å²) < 4.78 is 37.8. The molecular formula is C14H17F3N2O2. The van der Waals surface area contributed by atoms with Gasteiger partial charge in [-0.15, -0.1) is 0 Å². The molecular weight excluding hydrogens is 285 g/mol. The van der Waals surface area contributed by atoms with Crippen LogP contribution in [0.4, 0.5) is 18.9 Å². The number of amides is 2. The summed E-state index contributed by atoms with van der Waals surface area (Å²) in [5, 5.41) is 2.53. The van der Waals surface area contributed by atoms with Crippen molar-refractivity contribution in [2.45, 2.75) is 38.8 Å². The molecule has 4 nitrogen and oxygen atoms in total. The number of alkyl halides is 3. The van der Waals surface area contributed by atoms with Gasteiger partial charge in [-0.25, -0.2) is 0 Å². The Morgan fingerprint density at radius 3 is 2.33 bits per heavy atom. The summed E-state index contributed by atoms with van der Waals surface area (Å²) in [4.78, 5) is 22.1. The molecule has 0 aromatic heterocycles. The van der Waals surface area contributed by atoms with Crippen LogP contribution in [0.3, 0.4) is 0 Å². The Labute approximate surface area is 120 Å². The fourth-order valence-corrected chi connectivity index (χ4v) is 1.87. The molecule has 0 saturated heterocycles. The van der Waals surface area contributed by atoms with E-state index in [2.05, 4.69) is 5.32 Å². The molecule has 116 valence electrons. The van der Waals surface area contributed by atoms with Crippen LogP contribution in [0.1, 0.15) is 36.8 Å². The summed E-state index contributed by atoms with van der Waals surface area (Å²) in [6.45, 7) is 1.34. The standard InChI is InChI=1S/C14H17F3N2O2/c1-9-8-10(6-7-11(9)14(15,16)17)19-13(21)5-3-2-4-12(18)20/h6-8H,2-5H2,1H3,(H2,18,20)(H,19,21). The molecule has 1 rings (SSSR count). The number of carbonyl (C=O) groups excluding carboxylic acids is 2. The van der Waals surface area contributed by atoms with Crippen molar-refractivity contribution in [3.8, 4) is 0 Å². The van der Waals surface area contributed by atoms with E-state index in [0.717, 1.165) is 6.07 Å². The Kier molecular flexibility index (Phi) is 5.75. The number of hydrogen-bond acceptors (Lipinski definition) is 2. The normalized spacial score (nSPS) is 11.2. The van der Waals surface area contributed by atoms with E-state index in [-0.39, 0.29) is 24.3 Å². The molecule has 0 atom stereocenters. The molecule has 0 unspecified atom stereocenters. The Hall–Kier alpha value is -2.05. The van der Waals surface area contributed by atoms with Crippen molar-refractivity contribution in [1.29, 1.82) is 0 Å². The van der Waals surface area contributed by atoms with Crippen LogP contribution < -0.4 is 11.1 Å². The molecule has 0 saturated carbocycles. The van der Waals surface area contributed by atoms with Crippen LogP contribution in [0.25, 0.3) is 0 Å². The van der Waals surface area contributed by atoms with Gasteiger partial charge in [0.1, 0.15) is 0 Å². The molecule has 0 aliphatic carbocycles. The minimum absolute atomic E-state index is 0.0500. The molecule has 0 bridgehead atoms. The second kappa shape index (κ2) is 7.10. The maximum absolute atomic E-state index is 12.6. The largest absolute Gasteiger partial charge is 0.416 e. The van der Waals surface area contributed by atoms with Gasteiger partial charge in [-0.3, -0.25) is 9.59 Å². The molecule has 0 aliphatic heterocycles. The highest BCUT2D eigenvalue weighted by atomic mass is 19.4. The van der Waals surface area contributed by atoms with E-state index in [0.29, 0.717) is 18.5 Å². The van der Waals surface area contributed by atoms with Gasteiger partial charge in [0.05, 0.1) is 5.56 Å². The highest BCUT2D eigenvalue weighted by Crippen LogP contribution is 2.32. The third-order valence-electron chi connectivity index (χ3n) is 2.89. The first-order valence-electron chi connectivity index (χ1n) is 6.46. The van der Waals surface area contributed by atoms with Crippen molar-refractivity contribution in [1.82, 2.24) is 0 Å². The molecule has 1 aromatic rings. The molecule has 0 spiro atoms. The van der Waals surface area contributed by atoms with Crippen LogP contribution in [0.15, 0.2) is 18.2 Å². The van der Waals surface area contributed by atoms with Crippen molar-refractivity contribution in [2.24, 2.45) is 5.73 Å². The molecule has 7 heteroatoms. The molecule has 0 fully saturated rings. The monoisotopic (exact) mass is 302 g/mol. The van der Waals surface area contributed by atoms with Gasteiger partial charge in [-0.05, 0) is 43.5 Å². The number of benzene rings is 1. The average molecular weight is 302 g/mol. The van der Waals surface area contributed by atoms with E-state index in [1.165, 1.54) is 19.1 Å². The van der Waals surface area contributed by atoms with Crippen molar-refractivity contribution in [2.75, 3.05) is 5.32 Å². The molecule has 2 amide bonds. The number of nitrogens with one attached hydrogen (secondary N) is 1. The molecule has 1 aromatic carbocycles. The zero-order valence-electron chi connectivity index (χ0n) is 11.6. The van der Waals surface area contributed by atoms with Gasteiger partial charge < -0.3 is 11.1 Å². The average Bonchev–Trinajstić information content (AvgIpc) is 2.33. The summed E-state index contributed by atoms with van der Waals surface area (Å²) in [7, 11) is 0. The van der Waals surface area contributed by atoms with E-state index in [9.17, 15) is 22.8 Å². The van der Waals surface area contributed by atoms with Gasteiger partial charge in [-0.2, -0.15) is 13.2 Å². The Bertz CT molecular complexity index is 527. The topological polar surface area (TPSA) is 72.2 Å². The van der Waals surface area contributed by atoms with E-state index >= 15 is 0 Å². The number of nitrogens with two attached hydrogens (primary N) is 1. The fourth-order valence-electron chi connectivity index (χ4n) is 1.87. The second-order valence-corrected chi connectivity index (χ2v) is 4.75. The maximum atomic E-state index is 12.6. The van der Waals surface area contributed by atoms with Gasteiger partial charge in [0.25, 0.3) is 0 Å². The Morgan fingerprint density at radius 1 is 1.19 bits per heavy atom. The smallest absolute Gasteiger partial charge is 0.370 e. The quantitative estimate of drug-likeness (QED) is 0.793. The number of rotatable bonds is 6. The summed E-state index contributed by atoms with van der Waals surface area (Å²) >= 11 is 0. The van der Waals surface area contributed by atoms with E-state index in [4.69, 9.17) is 5.73 Å². The summed E-state index contributed by atoms with van der Waals surface area (Å²) in [5.74, 6) is -0.729. The van der Waals surface area contributed by atoms with Crippen molar-refractivity contribution in [3.05, 3.63) is 29.3 Å². The first-order valence-corrected chi connectivity index (χ1v) is 6.46. The third kappa shape index (κ3) is 5.85. The van der Waals surface area contributed by atoms with Crippen molar-refractivity contribution in [3.63, 3.8) is 0 Å². The fraction of sp³-hybridized carbons (Fsp3) is 0.429. The number of anilines is 1. The first-order chi connectivity index (χ1) is 9.70. The van der Waals surface area contributed by atoms with Gasteiger partial charge in [0, 0.05) is 18.5 Å². The van der Waals surface area contributed by atoms with Crippen LogP contribution in [-0.4, -0.2) is 11.8 Å². The highest BCUT2D eigenvalue weighted by molar-refractivity contribution is 5.90. The van der Waals surface area contributed by atoms with Gasteiger partial charge in [0.2, 0.25) is 11.8 Å². The molecule has 21 heavy (non-hydrogen) atoms. The summed E-state index contributed by atoms with van der Waals surface area (Å²) in [6, 6.07) is 3.44. The van der Waals surface area contributed by atoms with Crippen LogP contribution in [-0.2, 0) is 15.8 Å². The zero-order chi connectivity index (χ0) is 16.0. The van der Waals surface area contributed by atoms with Crippen molar-refractivity contribution >= 4 is 17.5 Å². The van der Waals surface area contributed by atoms with E-state index in [1.807, 2.05) is 0 Å². The van der Waals surface area contributed by atoms with Gasteiger partial charge >= 0.3 is 6.18 Å². The first kappa shape index (κ1) is 17.0. The van der Waals surface area contributed by atoms with Gasteiger partial charge in [0.15, 0.2) is 0 Å². The van der Waals surface area contributed by atoms with E-state index in [1.54, 1.807) is 0 Å². The van der Waals surface area contributed by atoms with Crippen molar-refractivity contribution < 1.29 is 22.8 Å². The number of primary amides is 1. The molecule has 3 N–H and O–H groups in total. The number of halogens is 3. The molecule has 0 heterocycles. The third-order valence-corrected chi connectivity index (χ3v) is 2.89. The van der Waals surface area contributed by atoms with Crippen LogP contribution in [0.2, 0.25) is 0 Å². The minimum Gasteiger partial charge on any atom is -0.370 e. The number of unbranched alkanes of at least 4 members (excludes halogenated alkanes) is 1. The number of aryl methyl sites for hydroxylation is 1. The lowest BCUT2D eigenvalue weighted by atomic mass is 10.1. The lowest BCUT2D eigenvalue weighted by molar-refractivity contribution is -0.138. The lowest BCUT2D eigenvalue weighted by Gasteiger charge is -2.12. The predicted octanol–water partition coefficient (Wildman–Crippen LogP) is 3.00. The van der Waals surface area contributed by atoms with E-state index < -0.39 is 17.6 Å². The maximum Gasteiger partial charge on any atom is 0.416 e. The molecule has 0 aliphatic rings. The zero-order valence-corrected chi connectivity index (χ0v) is 11.6. The lowest BCUT2D eigenvalue weighted by Crippen LogP contribution is -2.14. The number of carbonyl (C=O) groups is 2.